The van der Waals surface area contributed by atoms with Crippen LogP contribution in [0.25, 0.3) is 6.08 Å². The van der Waals surface area contributed by atoms with Crippen LogP contribution in [0.5, 0.6) is 5.75 Å². The first-order valence-electron chi connectivity index (χ1n) is 7.81. The zero-order valence-corrected chi connectivity index (χ0v) is 14.1. The summed E-state index contributed by atoms with van der Waals surface area (Å²) in [5.74, 6) is 0.800. The molecule has 1 N–H and O–H groups in total. The van der Waals surface area contributed by atoms with E-state index in [4.69, 9.17) is 4.74 Å². The van der Waals surface area contributed by atoms with Crippen LogP contribution in [0.4, 0.5) is 0 Å². The molecule has 1 aromatic carbocycles. The fourth-order valence-electron chi connectivity index (χ4n) is 2.86. The molecule has 22 heavy (non-hydrogen) atoms. The van der Waals surface area contributed by atoms with Gasteiger partial charge in [0.15, 0.2) is 0 Å². The second kappa shape index (κ2) is 7.14. The van der Waals surface area contributed by atoms with Crippen molar-refractivity contribution >= 4 is 27.9 Å². The third-order valence-electron chi connectivity index (χ3n) is 4.09. The standard InChI is InChI=1S/C18H20BrNO2/c19-16-6-7-17-14(11-16)10-15(12-22-17)18(21)20-9-8-13-4-2-1-3-5-13/h4,6-7,10-11H,1-3,5,8-9,12H2,(H,20,21). The van der Waals surface area contributed by atoms with E-state index in [9.17, 15) is 4.79 Å². The molecule has 1 amide bonds. The maximum absolute atomic E-state index is 12.2. The lowest BCUT2D eigenvalue weighted by Crippen LogP contribution is -2.29. The predicted molar refractivity (Wildman–Crippen MR) is 91.8 cm³/mol. The summed E-state index contributed by atoms with van der Waals surface area (Å²) < 4.78 is 6.63. The number of nitrogens with one attached hydrogen (secondary N) is 1. The maximum Gasteiger partial charge on any atom is 0.250 e. The topological polar surface area (TPSA) is 38.3 Å². The van der Waals surface area contributed by atoms with Gasteiger partial charge in [-0.25, -0.2) is 0 Å². The van der Waals surface area contributed by atoms with Gasteiger partial charge in [-0.3, -0.25) is 4.79 Å². The zero-order valence-electron chi connectivity index (χ0n) is 12.5. The lowest BCUT2D eigenvalue weighted by atomic mass is 9.97. The van der Waals surface area contributed by atoms with Gasteiger partial charge in [0.25, 0.3) is 5.91 Å². The van der Waals surface area contributed by atoms with Gasteiger partial charge in [-0.1, -0.05) is 27.6 Å². The number of fused-ring (bicyclic) bond motifs is 1. The molecule has 4 heteroatoms. The minimum Gasteiger partial charge on any atom is -0.488 e. The van der Waals surface area contributed by atoms with Gasteiger partial charge in [0, 0.05) is 16.6 Å². The molecule has 1 aliphatic heterocycles. The first-order valence-corrected chi connectivity index (χ1v) is 8.61. The van der Waals surface area contributed by atoms with Crippen molar-refractivity contribution in [1.82, 2.24) is 5.32 Å². The fourth-order valence-corrected chi connectivity index (χ4v) is 3.24. The molecule has 0 spiro atoms. The van der Waals surface area contributed by atoms with Gasteiger partial charge in [0.1, 0.15) is 12.4 Å². The van der Waals surface area contributed by atoms with Crippen molar-refractivity contribution in [2.45, 2.75) is 32.1 Å². The SMILES string of the molecule is O=C(NCCC1=CCCCC1)C1=Cc2cc(Br)ccc2OC1. The summed E-state index contributed by atoms with van der Waals surface area (Å²) in [7, 11) is 0. The van der Waals surface area contributed by atoms with Gasteiger partial charge in [0.2, 0.25) is 0 Å². The quantitative estimate of drug-likeness (QED) is 0.814. The molecule has 0 bridgehead atoms. The molecule has 0 saturated heterocycles. The molecule has 3 nitrogen and oxygen atoms in total. The Bertz CT molecular complexity index is 634. The van der Waals surface area contributed by atoms with Gasteiger partial charge in [-0.05, 0) is 56.4 Å². The van der Waals surface area contributed by atoms with E-state index in [1.165, 1.54) is 31.3 Å². The van der Waals surface area contributed by atoms with Crippen molar-refractivity contribution in [2.24, 2.45) is 0 Å². The number of carbonyl (C=O) groups is 1. The van der Waals surface area contributed by atoms with E-state index < -0.39 is 0 Å². The molecule has 2 aliphatic rings. The molecule has 1 aromatic rings. The lowest BCUT2D eigenvalue weighted by Gasteiger charge is -2.18. The van der Waals surface area contributed by atoms with Crippen LogP contribution in [-0.4, -0.2) is 19.1 Å². The molecule has 1 aliphatic carbocycles. The Morgan fingerprint density at radius 3 is 3.05 bits per heavy atom. The highest BCUT2D eigenvalue weighted by molar-refractivity contribution is 9.10. The Kier molecular flexibility index (Phi) is 4.98. The Morgan fingerprint density at radius 1 is 1.32 bits per heavy atom. The van der Waals surface area contributed by atoms with Gasteiger partial charge < -0.3 is 10.1 Å². The number of ether oxygens (including phenoxy) is 1. The van der Waals surface area contributed by atoms with Crippen molar-refractivity contribution in [3.05, 3.63) is 45.5 Å². The Labute approximate surface area is 139 Å². The second-order valence-corrected chi connectivity index (χ2v) is 6.67. The molecule has 0 fully saturated rings. The smallest absolute Gasteiger partial charge is 0.250 e. The normalized spacial score (nSPS) is 17.0. The molecule has 0 atom stereocenters. The van der Waals surface area contributed by atoms with Gasteiger partial charge in [-0.2, -0.15) is 0 Å². The molecule has 3 rings (SSSR count). The van der Waals surface area contributed by atoms with Gasteiger partial charge in [0.05, 0.1) is 5.57 Å². The number of hydrogen-bond donors (Lipinski definition) is 1. The fraction of sp³-hybridized carbons (Fsp3) is 0.389. The van der Waals surface area contributed by atoms with Gasteiger partial charge >= 0.3 is 0 Å². The van der Waals surface area contributed by atoms with Crippen LogP contribution < -0.4 is 10.1 Å². The molecular formula is C18H20BrNO2. The van der Waals surface area contributed by atoms with Crippen LogP contribution in [-0.2, 0) is 4.79 Å². The Balaban J connectivity index is 1.57. The van der Waals surface area contributed by atoms with E-state index in [0.29, 0.717) is 18.7 Å². The van der Waals surface area contributed by atoms with Crippen molar-refractivity contribution in [3.8, 4) is 5.75 Å². The zero-order chi connectivity index (χ0) is 15.4. The summed E-state index contributed by atoms with van der Waals surface area (Å²) in [4.78, 5) is 12.2. The van der Waals surface area contributed by atoms with Crippen LogP contribution in [0.1, 0.15) is 37.7 Å². The van der Waals surface area contributed by atoms with E-state index in [1.807, 2.05) is 24.3 Å². The molecule has 0 radical (unpaired) electrons. The molecule has 116 valence electrons. The third kappa shape index (κ3) is 3.80. The number of benzene rings is 1. The summed E-state index contributed by atoms with van der Waals surface area (Å²) in [6.07, 6.45) is 10.2. The van der Waals surface area contributed by atoms with E-state index >= 15 is 0 Å². The summed E-state index contributed by atoms with van der Waals surface area (Å²) in [6, 6.07) is 5.82. The highest BCUT2D eigenvalue weighted by Gasteiger charge is 2.17. The predicted octanol–water partition coefficient (Wildman–Crippen LogP) is 4.23. The monoisotopic (exact) mass is 361 g/mol. The summed E-state index contributed by atoms with van der Waals surface area (Å²) in [5.41, 5.74) is 3.11. The van der Waals surface area contributed by atoms with Crippen LogP contribution in [0.2, 0.25) is 0 Å². The first-order chi connectivity index (χ1) is 10.7. The number of carbonyl (C=O) groups excluding carboxylic acids is 1. The highest BCUT2D eigenvalue weighted by atomic mass is 79.9. The van der Waals surface area contributed by atoms with E-state index in [0.717, 1.165) is 22.2 Å². The number of amides is 1. The summed E-state index contributed by atoms with van der Waals surface area (Å²) in [6.45, 7) is 1.04. The largest absolute Gasteiger partial charge is 0.488 e. The molecule has 0 saturated carbocycles. The van der Waals surface area contributed by atoms with Crippen molar-refractivity contribution in [1.29, 1.82) is 0 Å². The minimum atomic E-state index is -0.0259. The molecular weight excluding hydrogens is 342 g/mol. The molecule has 0 unspecified atom stereocenters. The number of rotatable bonds is 4. The van der Waals surface area contributed by atoms with Crippen molar-refractivity contribution in [2.75, 3.05) is 13.2 Å². The van der Waals surface area contributed by atoms with Crippen molar-refractivity contribution in [3.63, 3.8) is 0 Å². The summed E-state index contributed by atoms with van der Waals surface area (Å²) >= 11 is 3.44. The third-order valence-corrected chi connectivity index (χ3v) is 4.59. The average molecular weight is 362 g/mol. The maximum atomic E-state index is 12.2. The first kappa shape index (κ1) is 15.3. The summed E-state index contributed by atoms with van der Waals surface area (Å²) in [5, 5.41) is 3.01. The van der Waals surface area contributed by atoms with Crippen LogP contribution in [0.3, 0.4) is 0 Å². The number of hydrogen-bond acceptors (Lipinski definition) is 2. The minimum absolute atomic E-state index is 0.0259. The Hall–Kier alpha value is -1.55. The molecule has 1 heterocycles. The van der Waals surface area contributed by atoms with Crippen LogP contribution >= 0.6 is 15.9 Å². The highest BCUT2D eigenvalue weighted by Crippen LogP contribution is 2.29. The lowest BCUT2D eigenvalue weighted by molar-refractivity contribution is -0.117. The second-order valence-electron chi connectivity index (χ2n) is 5.75. The molecule has 0 aromatic heterocycles. The van der Waals surface area contributed by atoms with E-state index in [1.54, 1.807) is 0 Å². The van der Waals surface area contributed by atoms with Crippen LogP contribution in [0, 0.1) is 0 Å². The van der Waals surface area contributed by atoms with Crippen molar-refractivity contribution < 1.29 is 9.53 Å². The van der Waals surface area contributed by atoms with E-state index in [-0.39, 0.29) is 5.91 Å². The van der Waals surface area contributed by atoms with Crippen LogP contribution in [0.15, 0.2) is 39.9 Å². The van der Waals surface area contributed by atoms with Gasteiger partial charge in [-0.15, -0.1) is 0 Å². The Morgan fingerprint density at radius 2 is 2.23 bits per heavy atom. The number of allylic oxidation sites excluding steroid dienone is 1. The van der Waals surface area contributed by atoms with E-state index in [2.05, 4.69) is 27.3 Å². The average Bonchev–Trinajstić information content (AvgIpc) is 2.55. The number of halogens is 1.